The van der Waals surface area contributed by atoms with Gasteiger partial charge in [0.2, 0.25) is 0 Å². The fourth-order valence-corrected chi connectivity index (χ4v) is 2.76. The van der Waals surface area contributed by atoms with Crippen molar-refractivity contribution in [2.24, 2.45) is 0 Å². The summed E-state index contributed by atoms with van der Waals surface area (Å²) in [5.74, 6) is -3.10. The van der Waals surface area contributed by atoms with E-state index >= 15 is 0 Å². The predicted octanol–water partition coefficient (Wildman–Crippen LogP) is 1.65. The Bertz CT molecular complexity index is 730. The number of sulfonamides is 1. The summed E-state index contributed by atoms with van der Waals surface area (Å²) < 4.78 is 49.2. The van der Waals surface area contributed by atoms with E-state index in [1.54, 1.807) is 16.3 Å². The minimum absolute atomic E-state index is 0.304. The fourth-order valence-electron chi connectivity index (χ4n) is 1.29. The van der Waals surface area contributed by atoms with Crippen LogP contribution in [0.2, 0.25) is 0 Å². The molecule has 106 valence electrons. The summed E-state index contributed by atoms with van der Waals surface area (Å²) >= 11 is 1.13. The topological polar surface area (TPSA) is 75.3 Å². The lowest BCUT2D eigenvalue weighted by Crippen LogP contribution is -2.41. The lowest BCUT2D eigenvalue weighted by molar-refractivity contribution is 0.0949. The van der Waals surface area contributed by atoms with E-state index in [9.17, 15) is 22.0 Å². The zero-order valence-electron chi connectivity index (χ0n) is 9.76. The third kappa shape index (κ3) is 3.18. The molecule has 0 aliphatic rings. The van der Waals surface area contributed by atoms with Crippen LogP contribution >= 0.6 is 11.3 Å². The Hall–Kier alpha value is -1.84. The van der Waals surface area contributed by atoms with Crippen molar-refractivity contribution in [2.45, 2.75) is 4.90 Å². The van der Waals surface area contributed by atoms with Gasteiger partial charge in [0.25, 0.3) is 15.9 Å². The van der Waals surface area contributed by atoms with Gasteiger partial charge >= 0.3 is 0 Å². The van der Waals surface area contributed by atoms with Crippen molar-refractivity contribution in [1.29, 1.82) is 0 Å². The maximum Gasteiger partial charge on any atom is 0.276 e. The molecule has 0 bridgehead atoms. The van der Waals surface area contributed by atoms with E-state index in [0.717, 1.165) is 17.4 Å². The molecule has 1 aromatic heterocycles. The molecule has 1 amide bonds. The normalized spacial score (nSPS) is 11.3. The zero-order valence-corrected chi connectivity index (χ0v) is 11.4. The number of nitrogens with one attached hydrogen (secondary N) is 2. The first-order valence-electron chi connectivity index (χ1n) is 5.21. The van der Waals surface area contributed by atoms with E-state index < -0.39 is 32.5 Å². The van der Waals surface area contributed by atoms with Gasteiger partial charge in [-0.25, -0.2) is 17.2 Å². The number of halogens is 2. The molecule has 2 rings (SSSR count). The molecule has 0 spiro atoms. The molecule has 0 aliphatic carbocycles. The van der Waals surface area contributed by atoms with Crippen LogP contribution in [0.4, 0.5) is 8.78 Å². The molecule has 0 unspecified atom stereocenters. The van der Waals surface area contributed by atoms with E-state index in [2.05, 4.69) is 0 Å². The van der Waals surface area contributed by atoms with E-state index in [1.165, 1.54) is 6.07 Å². The number of amides is 1. The average molecular weight is 318 g/mol. The van der Waals surface area contributed by atoms with Crippen molar-refractivity contribution in [1.82, 2.24) is 10.3 Å². The zero-order chi connectivity index (χ0) is 14.8. The molecule has 20 heavy (non-hydrogen) atoms. The minimum atomic E-state index is -4.17. The van der Waals surface area contributed by atoms with Crippen molar-refractivity contribution < 1.29 is 22.0 Å². The highest BCUT2D eigenvalue weighted by Crippen LogP contribution is 2.13. The summed E-state index contributed by atoms with van der Waals surface area (Å²) in [6, 6.07) is 5.23. The van der Waals surface area contributed by atoms with Crippen LogP contribution in [0, 0.1) is 11.6 Å². The molecule has 0 atom stereocenters. The molecule has 0 saturated carbocycles. The number of benzene rings is 1. The summed E-state index contributed by atoms with van der Waals surface area (Å²) in [7, 11) is -4.17. The Morgan fingerprint density at radius 1 is 1.15 bits per heavy atom. The molecule has 1 heterocycles. The van der Waals surface area contributed by atoms with Crippen LogP contribution in [0.3, 0.4) is 0 Å². The molecule has 1 aromatic carbocycles. The second-order valence-electron chi connectivity index (χ2n) is 3.61. The smallest absolute Gasteiger partial charge is 0.273 e. The van der Waals surface area contributed by atoms with E-state index in [0.29, 0.717) is 17.0 Å². The molecular weight excluding hydrogens is 310 g/mol. The van der Waals surface area contributed by atoms with Crippen LogP contribution < -0.4 is 10.3 Å². The summed E-state index contributed by atoms with van der Waals surface area (Å²) in [5.41, 5.74) is 1.98. The van der Waals surface area contributed by atoms with Crippen LogP contribution in [-0.2, 0) is 10.0 Å². The lowest BCUT2D eigenvalue weighted by atomic mass is 10.3. The van der Waals surface area contributed by atoms with Gasteiger partial charge in [0.15, 0.2) is 11.6 Å². The maximum atomic E-state index is 13.0. The number of hydrogen-bond donors (Lipinski definition) is 2. The van der Waals surface area contributed by atoms with Gasteiger partial charge in [0.05, 0.1) is 9.77 Å². The lowest BCUT2D eigenvalue weighted by Gasteiger charge is -2.07. The number of carbonyl (C=O) groups is 1. The maximum absolute atomic E-state index is 13.0. The standard InChI is InChI=1S/C11H8F2N2O3S2/c12-8-4-3-7(6-9(8)13)20(17,18)15-14-11(16)10-2-1-5-19-10/h1-6,15H,(H,14,16). The van der Waals surface area contributed by atoms with Gasteiger partial charge in [-0.05, 0) is 29.6 Å². The molecule has 0 saturated heterocycles. The third-order valence-electron chi connectivity index (χ3n) is 2.25. The van der Waals surface area contributed by atoms with Crippen molar-refractivity contribution in [3.63, 3.8) is 0 Å². The van der Waals surface area contributed by atoms with Crippen molar-refractivity contribution in [3.8, 4) is 0 Å². The van der Waals surface area contributed by atoms with E-state index in [-0.39, 0.29) is 0 Å². The summed E-state index contributed by atoms with van der Waals surface area (Å²) in [4.78, 5) is 13.1. The summed E-state index contributed by atoms with van der Waals surface area (Å²) in [6.07, 6.45) is 0. The third-order valence-corrected chi connectivity index (χ3v) is 4.36. The Morgan fingerprint density at radius 2 is 1.90 bits per heavy atom. The molecule has 9 heteroatoms. The SMILES string of the molecule is O=C(NNS(=O)(=O)c1ccc(F)c(F)c1)c1cccs1. The largest absolute Gasteiger partial charge is 0.276 e. The second-order valence-corrected chi connectivity index (χ2v) is 6.24. The number of hydrogen-bond acceptors (Lipinski definition) is 4. The van der Waals surface area contributed by atoms with E-state index in [1.807, 2.05) is 5.43 Å². The van der Waals surface area contributed by atoms with Crippen molar-refractivity contribution in [3.05, 3.63) is 52.2 Å². The van der Waals surface area contributed by atoms with Crippen LogP contribution in [0.5, 0.6) is 0 Å². The van der Waals surface area contributed by atoms with Crippen molar-refractivity contribution >= 4 is 27.3 Å². The van der Waals surface area contributed by atoms with Gasteiger partial charge in [0.1, 0.15) is 0 Å². The Balaban J connectivity index is 2.11. The molecular formula is C11H8F2N2O3S2. The van der Waals surface area contributed by atoms with E-state index in [4.69, 9.17) is 0 Å². The summed E-state index contributed by atoms with van der Waals surface area (Å²) in [6.45, 7) is 0. The molecule has 2 aromatic rings. The Morgan fingerprint density at radius 3 is 2.50 bits per heavy atom. The van der Waals surface area contributed by atoms with Gasteiger partial charge in [-0.1, -0.05) is 6.07 Å². The molecule has 0 fully saturated rings. The van der Waals surface area contributed by atoms with Gasteiger partial charge in [0, 0.05) is 0 Å². The van der Waals surface area contributed by atoms with Gasteiger partial charge in [-0.3, -0.25) is 10.2 Å². The first kappa shape index (κ1) is 14.6. The highest BCUT2D eigenvalue weighted by molar-refractivity contribution is 7.89. The van der Waals surface area contributed by atoms with Crippen LogP contribution in [-0.4, -0.2) is 14.3 Å². The second kappa shape index (κ2) is 5.65. The minimum Gasteiger partial charge on any atom is -0.273 e. The average Bonchev–Trinajstić information content (AvgIpc) is 2.93. The first-order chi connectivity index (χ1) is 9.40. The van der Waals surface area contributed by atoms with Gasteiger partial charge in [-0.2, -0.15) is 0 Å². The molecule has 0 radical (unpaired) electrons. The quantitative estimate of drug-likeness (QED) is 0.842. The summed E-state index contributed by atoms with van der Waals surface area (Å²) in [5, 5.41) is 1.65. The fraction of sp³-hybridized carbons (Fsp3) is 0. The molecule has 5 nitrogen and oxygen atoms in total. The Labute approximate surface area is 117 Å². The number of carbonyl (C=O) groups excluding carboxylic acids is 1. The predicted molar refractivity (Wildman–Crippen MR) is 68.5 cm³/mol. The highest BCUT2D eigenvalue weighted by atomic mass is 32.2. The highest BCUT2D eigenvalue weighted by Gasteiger charge is 2.18. The van der Waals surface area contributed by atoms with Gasteiger partial charge in [-0.15, -0.1) is 16.2 Å². The number of rotatable bonds is 4. The first-order valence-corrected chi connectivity index (χ1v) is 7.57. The molecule has 0 aliphatic heterocycles. The Kier molecular flexibility index (Phi) is 4.12. The number of hydrazine groups is 1. The number of thiophene rings is 1. The molecule has 2 N–H and O–H groups in total. The van der Waals surface area contributed by atoms with Crippen LogP contribution in [0.25, 0.3) is 0 Å². The van der Waals surface area contributed by atoms with Gasteiger partial charge < -0.3 is 0 Å². The van der Waals surface area contributed by atoms with Crippen LogP contribution in [0.15, 0.2) is 40.6 Å². The van der Waals surface area contributed by atoms with Crippen molar-refractivity contribution in [2.75, 3.05) is 0 Å². The monoisotopic (exact) mass is 318 g/mol. The van der Waals surface area contributed by atoms with Crippen LogP contribution in [0.1, 0.15) is 9.67 Å².